The van der Waals surface area contributed by atoms with Crippen LogP contribution in [0.15, 0.2) is 46.0 Å². The van der Waals surface area contributed by atoms with Gasteiger partial charge in [0.2, 0.25) is 5.91 Å². The van der Waals surface area contributed by atoms with Gasteiger partial charge in [-0.05, 0) is 61.7 Å². The smallest absolute Gasteiger partial charge is 0.252 e. The quantitative estimate of drug-likeness (QED) is 0.672. The molecule has 162 valence electrons. The summed E-state index contributed by atoms with van der Waals surface area (Å²) in [4.78, 5) is 15.4. The molecule has 6 nitrogen and oxygen atoms in total. The number of amides is 1. The van der Waals surface area contributed by atoms with E-state index >= 15 is 0 Å². The summed E-state index contributed by atoms with van der Waals surface area (Å²) in [5.74, 6) is 0.632. The number of carbonyl (C=O) groups excluding carboxylic acids is 1. The molecule has 2 aromatic rings. The summed E-state index contributed by atoms with van der Waals surface area (Å²) in [5, 5.41) is 1.77. The van der Waals surface area contributed by atoms with Gasteiger partial charge in [0.05, 0.1) is 18.6 Å². The maximum Gasteiger partial charge on any atom is 0.252 e. The number of thiophene rings is 1. The van der Waals surface area contributed by atoms with Crippen LogP contribution in [0.5, 0.6) is 5.75 Å². The molecule has 2 aliphatic rings. The Labute approximate surface area is 182 Å². The second-order valence-corrected chi connectivity index (χ2v) is 10.9. The standard InChI is InChI=1S/C22H28N2O4S2/c1-2-28-19-11-9-17(10-12-19)20-7-4-14-24(20)22(25)18-6-3-13-23(16-18)30(26,27)21-8-5-15-29-21/h5,8-12,15,18,20H,2-4,6-7,13-14,16H2,1H3/t18-,20-/m1/s1. The van der Waals surface area contributed by atoms with Gasteiger partial charge < -0.3 is 9.64 Å². The molecule has 30 heavy (non-hydrogen) atoms. The molecular formula is C22H28N2O4S2. The zero-order valence-electron chi connectivity index (χ0n) is 17.2. The fourth-order valence-electron chi connectivity index (χ4n) is 4.46. The maximum atomic E-state index is 13.4. The highest BCUT2D eigenvalue weighted by Crippen LogP contribution is 2.36. The number of carbonyl (C=O) groups is 1. The highest BCUT2D eigenvalue weighted by molar-refractivity contribution is 7.91. The number of nitrogens with zero attached hydrogens (tertiary/aromatic N) is 2. The third-order valence-electron chi connectivity index (χ3n) is 5.93. The molecule has 3 heterocycles. The minimum atomic E-state index is -3.52. The Morgan fingerprint density at radius 3 is 2.60 bits per heavy atom. The summed E-state index contributed by atoms with van der Waals surface area (Å²) >= 11 is 1.23. The van der Waals surface area contributed by atoms with Gasteiger partial charge in [-0.2, -0.15) is 4.31 Å². The summed E-state index contributed by atoms with van der Waals surface area (Å²) in [7, 11) is -3.52. The molecule has 4 rings (SSSR count). The van der Waals surface area contributed by atoms with Crippen LogP contribution in [0.3, 0.4) is 0 Å². The van der Waals surface area contributed by atoms with Crippen LogP contribution in [0.1, 0.15) is 44.2 Å². The Morgan fingerprint density at radius 2 is 1.90 bits per heavy atom. The Bertz CT molecular complexity index is 958. The predicted molar refractivity (Wildman–Crippen MR) is 117 cm³/mol. The summed E-state index contributed by atoms with van der Waals surface area (Å²) in [5.41, 5.74) is 1.11. The first-order valence-electron chi connectivity index (χ1n) is 10.6. The maximum absolute atomic E-state index is 13.4. The summed E-state index contributed by atoms with van der Waals surface area (Å²) in [6.45, 7) is 4.06. The molecule has 2 fully saturated rings. The van der Waals surface area contributed by atoms with Crippen LogP contribution in [0.4, 0.5) is 0 Å². The van der Waals surface area contributed by atoms with Crippen LogP contribution in [-0.4, -0.2) is 49.8 Å². The second kappa shape index (κ2) is 9.08. The van der Waals surface area contributed by atoms with Crippen LogP contribution >= 0.6 is 11.3 Å². The van der Waals surface area contributed by atoms with E-state index in [2.05, 4.69) is 0 Å². The van der Waals surface area contributed by atoms with E-state index in [1.807, 2.05) is 36.1 Å². The lowest BCUT2D eigenvalue weighted by Crippen LogP contribution is -2.46. The van der Waals surface area contributed by atoms with E-state index in [9.17, 15) is 13.2 Å². The first kappa shape index (κ1) is 21.3. The minimum absolute atomic E-state index is 0.0532. The van der Waals surface area contributed by atoms with Gasteiger partial charge in [0, 0.05) is 19.6 Å². The van der Waals surface area contributed by atoms with E-state index in [1.165, 1.54) is 15.6 Å². The lowest BCUT2D eigenvalue weighted by atomic mass is 9.96. The lowest BCUT2D eigenvalue weighted by Gasteiger charge is -2.35. The van der Waals surface area contributed by atoms with Crippen molar-refractivity contribution in [3.8, 4) is 5.75 Å². The number of sulfonamides is 1. The molecule has 1 amide bonds. The molecule has 0 radical (unpaired) electrons. The minimum Gasteiger partial charge on any atom is -0.494 e. The van der Waals surface area contributed by atoms with Crippen molar-refractivity contribution in [2.45, 2.75) is 42.9 Å². The fraction of sp³-hybridized carbons (Fsp3) is 0.500. The van der Waals surface area contributed by atoms with Crippen molar-refractivity contribution in [2.75, 3.05) is 26.2 Å². The molecule has 0 bridgehead atoms. The zero-order chi connectivity index (χ0) is 21.1. The molecule has 0 N–H and O–H groups in total. The summed E-state index contributed by atoms with van der Waals surface area (Å²) in [6, 6.07) is 11.4. The van der Waals surface area contributed by atoms with E-state index in [-0.39, 0.29) is 24.4 Å². The van der Waals surface area contributed by atoms with Crippen LogP contribution in [-0.2, 0) is 14.8 Å². The molecular weight excluding hydrogens is 420 g/mol. The molecule has 2 aliphatic heterocycles. The number of ether oxygens (including phenoxy) is 1. The van der Waals surface area contributed by atoms with Gasteiger partial charge in [-0.15, -0.1) is 11.3 Å². The first-order chi connectivity index (χ1) is 14.5. The van der Waals surface area contributed by atoms with Crippen molar-refractivity contribution in [1.29, 1.82) is 0 Å². The van der Waals surface area contributed by atoms with Crippen LogP contribution in [0.25, 0.3) is 0 Å². The van der Waals surface area contributed by atoms with Gasteiger partial charge in [-0.25, -0.2) is 8.42 Å². The molecule has 0 saturated carbocycles. The van der Waals surface area contributed by atoms with Gasteiger partial charge in [0.25, 0.3) is 10.0 Å². The number of rotatable bonds is 6. The molecule has 0 aliphatic carbocycles. The molecule has 1 aromatic carbocycles. The van der Waals surface area contributed by atoms with E-state index < -0.39 is 10.0 Å². The van der Waals surface area contributed by atoms with Crippen molar-refractivity contribution in [3.05, 3.63) is 47.3 Å². The van der Waals surface area contributed by atoms with Crippen LogP contribution in [0.2, 0.25) is 0 Å². The lowest BCUT2D eigenvalue weighted by molar-refractivity contribution is -0.137. The molecule has 2 atom stereocenters. The van der Waals surface area contributed by atoms with Gasteiger partial charge in [-0.3, -0.25) is 4.79 Å². The largest absolute Gasteiger partial charge is 0.494 e. The topological polar surface area (TPSA) is 66.9 Å². The van der Waals surface area contributed by atoms with E-state index in [0.29, 0.717) is 23.8 Å². The Kier molecular flexibility index (Phi) is 6.46. The number of piperidine rings is 1. The molecule has 0 spiro atoms. The van der Waals surface area contributed by atoms with Gasteiger partial charge >= 0.3 is 0 Å². The zero-order valence-corrected chi connectivity index (χ0v) is 18.8. The second-order valence-electron chi connectivity index (χ2n) is 7.83. The third-order valence-corrected chi connectivity index (χ3v) is 9.17. The van der Waals surface area contributed by atoms with Crippen molar-refractivity contribution in [3.63, 3.8) is 0 Å². The third kappa shape index (κ3) is 4.26. The Balaban J connectivity index is 1.47. The van der Waals surface area contributed by atoms with Gasteiger partial charge in [0.15, 0.2) is 0 Å². The SMILES string of the molecule is CCOc1ccc([C@H]2CCCN2C(=O)[C@@H]2CCCN(S(=O)(=O)c3cccs3)C2)cc1. The summed E-state index contributed by atoms with van der Waals surface area (Å²) < 4.78 is 33.2. The van der Waals surface area contributed by atoms with E-state index in [1.54, 1.807) is 17.5 Å². The van der Waals surface area contributed by atoms with Crippen molar-refractivity contribution < 1.29 is 17.9 Å². The number of hydrogen-bond acceptors (Lipinski definition) is 5. The average molecular weight is 449 g/mol. The fourth-order valence-corrected chi connectivity index (χ4v) is 7.13. The normalized spacial score (nSPS) is 22.9. The van der Waals surface area contributed by atoms with Crippen LogP contribution in [0, 0.1) is 5.92 Å². The highest BCUT2D eigenvalue weighted by atomic mass is 32.2. The molecule has 8 heteroatoms. The number of benzene rings is 1. The van der Waals surface area contributed by atoms with Crippen LogP contribution < -0.4 is 4.74 Å². The van der Waals surface area contributed by atoms with Gasteiger partial charge in [-0.1, -0.05) is 18.2 Å². The first-order valence-corrected chi connectivity index (χ1v) is 12.9. The van der Waals surface area contributed by atoms with E-state index in [0.717, 1.165) is 37.1 Å². The predicted octanol–water partition coefficient (Wildman–Crippen LogP) is 3.91. The number of hydrogen-bond donors (Lipinski definition) is 0. The summed E-state index contributed by atoms with van der Waals surface area (Å²) in [6.07, 6.45) is 3.35. The molecule has 0 unspecified atom stereocenters. The van der Waals surface area contributed by atoms with Crippen molar-refractivity contribution in [2.24, 2.45) is 5.92 Å². The Morgan fingerprint density at radius 1 is 1.13 bits per heavy atom. The monoisotopic (exact) mass is 448 g/mol. The average Bonchev–Trinajstić information content (AvgIpc) is 3.47. The molecule has 1 aromatic heterocycles. The van der Waals surface area contributed by atoms with Crippen molar-refractivity contribution >= 4 is 27.3 Å². The van der Waals surface area contributed by atoms with Crippen molar-refractivity contribution in [1.82, 2.24) is 9.21 Å². The van der Waals surface area contributed by atoms with Gasteiger partial charge in [0.1, 0.15) is 9.96 Å². The van der Waals surface area contributed by atoms with E-state index in [4.69, 9.17) is 4.74 Å². The highest BCUT2D eigenvalue weighted by Gasteiger charge is 2.38. The molecule has 2 saturated heterocycles. The number of likely N-dealkylation sites (tertiary alicyclic amines) is 1. The Hall–Kier alpha value is -1.90.